The summed E-state index contributed by atoms with van der Waals surface area (Å²) < 4.78 is 1.91. The van der Waals surface area contributed by atoms with Crippen molar-refractivity contribution < 1.29 is 14.7 Å². The van der Waals surface area contributed by atoms with E-state index in [1.807, 2.05) is 36.0 Å². The van der Waals surface area contributed by atoms with Crippen molar-refractivity contribution in [2.75, 3.05) is 0 Å². The van der Waals surface area contributed by atoms with Crippen molar-refractivity contribution in [1.82, 2.24) is 9.88 Å². The smallest absolute Gasteiger partial charge is 0.325 e. The predicted molar refractivity (Wildman–Crippen MR) is 59.0 cm³/mol. The number of carbonyl (C=O) groups excluding carboxylic acids is 1. The molecule has 1 rings (SSSR count). The SMILES string of the molecule is CC(NC(=O)CC(C)n1cccc1)C(=O)O. The van der Waals surface area contributed by atoms with E-state index in [4.69, 9.17) is 5.11 Å². The zero-order chi connectivity index (χ0) is 12.1. The minimum absolute atomic E-state index is 0.0241. The third kappa shape index (κ3) is 3.42. The molecule has 0 aliphatic rings. The average molecular weight is 224 g/mol. The van der Waals surface area contributed by atoms with Crippen LogP contribution in [0.15, 0.2) is 24.5 Å². The third-order valence-electron chi connectivity index (χ3n) is 2.37. The van der Waals surface area contributed by atoms with E-state index in [0.717, 1.165) is 0 Å². The summed E-state index contributed by atoms with van der Waals surface area (Å²) in [6.07, 6.45) is 4.02. The van der Waals surface area contributed by atoms with Gasteiger partial charge >= 0.3 is 5.97 Å². The van der Waals surface area contributed by atoms with E-state index in [0.29, 0.717) is 0 Å². The molecule has 0 saturated carbocycles. The summed E-state index contributed by atoms with van der Waals surface area (Å²) in [7, 11) is 0. The van der Waals surface area contributed by atoms with Crippen molar-refractivity contribution in [1.29, 1.82) is 0 Å². The second-order valence-electron chi connectivity index (χ2n) is 3.81. The predicted octanol–water partition coefficient (Wildman–Crippen LogP) is 1.03. The summed E-state index contributed by atoms with van der Waals surface area (Å²) >= 11 is 0. The molecule has 2 N–H and O–H groups in total. The number of aliphatic carboxylic acids is 1. The molecular weight excluding hydrogens is 208 g/mol. The van der Waals surface area contributed by atoms with E-state index in [9.17, 15) is 9.59 Å². The fourth-order valence-corrected chi connectivity index (χ4v) is 1.38. The minimum atomic E-state index is -1.03. The van der Waals surface area contributed by atoms with Gasteiger partial charge in [0.1, 0.15) is 6.04 Å². The van der Waals surface area contributed by atoms with Crippen LogP contribution in [0, 0.1) is 0 Å². The van der Waals surface area contributed by atoms with Crippen LogP contribution in [0.25, 0.3) is 0 Å². The molecule has 5 nitrogen and oxygen atoms in total. The number of carbonyl (C=O) groups is 2. The Bertz CT molecular complexity index is 359. The van der Waals surface area contributed by atoms with Crippen molar-refractivity contribution in [3.63, 3.8) is 0 Å². The summed E-state index contributed by atoms with van der Waals surface area (Å²) in [5.74, 6) is -1.28. The lowest BCUT2D eigenvalue weighted by atomic mass is 10.2. The van der Waals surface area contributed by atoms with Gasteiger partial charge in [-0.3, -0.25) is 9.59 Å². The van der Waals surface area contributed by atoms with Gasteiger partial charge in [0, 0.05) is 24.9 Å². The number of amides is 1. The molecule has 0 bridgehead atoms. The van der Waals surface area contributed by atoms with E-state index in [-0.39, 0.29) is 18.4 Å². The lowest BCUT2D eigenvalue weighted by molar-refractivity contribution is -0.141. The summed E-state index contributed by atoms with van der Waals surface area (Å²) in [5, 5.41) is 11.0. The minimum Gasteiger partial charge on any atom is -0.480 e. The second-order valence-corrected chi connectivity index (χ2v) is 3.81. The molecule has 1 aromatic heterocycles. The number of aromatic nitrogens is 1. The Kier molecular flexibility index (Phi) is 4.10. The number of hydrogen-bond acceptors (Lipinski definition) is 2. The highest BCUT2D eigenvalue weighted by atomic mass is 16.4. The van der Waals surface area contributed by atoms with Gasteiger partial charge in [-0.15, -0.1) is 0 Å². The molecule has 1 heterocycles. The third-order valence-corrected chi connectivity index (χ3v) is 2.37. The lowest BCUT2D eigenvalue weighted by Gasteiger charge is -2.15. The second kappa shape index (κ2) is 5.34. The Labute approximate surface area is 94.1 Å². The van der Waals surface area contributed by atoms with Crippen molar-refractivity contribution in [2.45, 2.75) is 32.4 Å². The Hall–Kier alpha value is -1.78. The highest BCUT2D eigenvalue weighted by molar-refractivity contribution is 5.83. The molecule has 1 amide bonds. The molecule has 0 radical (unpaired) electrons. The van der Waals surface area contributed by atoms with E-state index in [1.165, 1.54) is 6.92 Å². The summed E-state index contributed by atoms with van der Waals surface area (Å²) in [5.41, 5.74) is 0. The Balaban J connectivity index is 2.43. The van der Waals surface area contributed by atoms with Crippen LogP contribution >= 0.6 is 0 Å². The first-order chi connectivity index (χ1) is 7.50. The largest absolute Gasteiger partial charge is 0.480 e. The van der Waals surface area contributed by atoms with Crippen molar-refractivity contribution in [2.24, 2.45) is 0 Å². The molecule has 5 heteroatoms. The van der Waals surface area contributed by atoms with Crippen molar-refractivity contribution in [3.8, 4) is 0 Å². The molecule has 2 atom stereocenters. The normalized spacial score (nSPS) is 14.1. The van der Waals surface area contributed by atoms with Gasteiger partial charge in [0.2, 0.25) is 5.91 Å². The number of hydrogen-bond donors (Lipinski definition) is 2. The number of carboxylic acids is 1. The van der Waals surface area contributed by atoms with E-state index in [2.05, 4.69) is 5.32 Å². The summed E-state index contributed by atoms with van der Waals surface area (Å²) in [6, 6.07) is 2.95. The molecule has 0 spiro atoms. The summed E-state index contributed by atoms with van der Waals surface area (Å²) in [4.78, 5) is 22.0. The van der Waals surface area contributed by atoms with Crippen LogP contribution in [0.5, 0.6) is 0 Å². The maximum Gasteiger partial charge on any atom is 0.325 e. The van der Waals surface area contributed by atoms with Gasteiger partial charge in [-0.1, -0.05) is 0 Å². The van der Waals surface area contributed by atoms with Crippen molar-refractivity contribution in [3.05, 3.63) is 24.5 Å². The van der Waals surface area contributed by atoms with Gasteiger partial charge in [0.05, 0.1) is 0 Å². The van der Waals surface area contributed by atoms with Crippen molar-refractivity contribution >= 4 is 11.9 Å². The molecule has 1 aromatic rings. The Morgan fingerprint density at radius 3 is 2.38 bits per heavy atom. The van der Waals surface area contributed by atoms with Crippen LogP contribution in [-0.4, -0.2) is 27.6 Å². The molecule has 0 saturated heterocycles. The van der Waals surface area contributed by atoms with E-state index >= 15 is 0 Å². The first kappa shape index (κ1) is 12.3. The fourth-order valence-electron chi connectivity index (χ4n) is 1.38. The number of carboxylic acid groups (broad SMARTS) is 1. The van der Waals surface area contributed by atoms with Crippen LogP contribution in [0.1, 0.15) is 26.3 Å². The topological polar surface area (TPSA) is 71.3 Å². The van der Waals surface area contributed by atoms with Gasteiger partial charge in [-0.25, -0.2) is 0 Å². The first-order valence-corrected chi connectivity index (χ1v) is 5.15. The number of nitrogens with zero attached hydrogens (tertiary/aromatic N) is 1. The molecule has 0 aromatic carbocycles. The number of rotatable bonds is 5. The molecule has 0 aliphatic heterocycles. The Morgan fingerprint density at radius 1 is 1.31 bits per heavy atom. The number of nitrogens with one attached hydrogen (secondary N) is 1. The molecule has 16 heavy (non-hydrogen) atoms. The molecular formula is C11H16N2O3. The maximum atomic E-state index is 11.5. The van der Waals surface area contributed by atoms with Crippen LogP contribution in [0.3, 0.4) is 0 Å². The van der Waals surface area contributed by atoms with Crippen LogP contribution in [0.4, 0.5) is 0 Å². The van der Waals surface area contributed by atoms with E-state index < -0.39 is 12.0 Å². The quantitative estimate of drug-likeness (QED) is 0.784. The maximum absolute atomic E-state index is 11.5. The zero-order valence-electron chi connectivity index (χ0n) is 9.38. The fraction of sp³-hybridized carbons (Fsp3) is 0.455. The van der Waals surface area contributed by atoms with Crippen LogP contribution < -0.4 is 5.32 Å². The molecule has 0 aliphatic carbocycles. The van der Waals surface area contributed by atoms with Gasteiger partial charge in [0.15, 0.2) is 0 Å². The molecule has 0 fully saturated rings. The molecule has 88 valence electrons. The van der Waals surface area contributed by atoms with Crippen LogP contribution in [0.2, 0.25) is 0 Å². The lowest BCUT2D eigenvalue weighted by Crippen LogP contribution is -2.39. The highest BCUT2D eigenvalue weighted by Crippen LogP contribution is 2.10. The van der Waals surface area contributed by atoms with Gasteiger partial charge in [0.25, 0.3) is 0 Å². The zero-order valence-corrected chi connectivity index (χ0v) is 9.38. The van der Waals surface area contributed by atoms with Crippen LogP contribution in [-0.2, 0) is 9.59 Å². The summed E-state index contributed by atoms with van der Waals surface area (Å²) in [6.45, 7) is 3.35. The Morgan fingerprint density at radius 2 is 1.88 bits per heavy atom. The standard InChI is InChI=1S/C11H16N2O3/c1-8(13-5-3-4-6-13)7-10(14)12-9(2)11(15)16/h3-6,8-9H,7H2,1-2H3,(H,12,14)(H,15,16). The molecule has 2 unspecified atom stereocenters. The highest BCUT2D eigenvalue weighted by Gasteiger charge is 2.16. The first-order valence-electron chi connectivity index (χ1n) is 5.15. The van der Waals surface area contributed by atoms with Gasteiger partial charge in [-0.2, -0.15) is 0 Å². The monoisotopic (exact) mass is 224 g/mol. The van der Waals surface area contributed by atoms with Gasteiger partial charge in [-0.05, 0) is 26.0 Å². The van der Waals surface area contributed by atoms with E-state index in [1.54, 1.807) is 0 Å². The van der Waals surface area contributed by atoms with Gasteiger partial charge < -0.3 is 15.0 Å². The average Bonchev–Trinajstić information content (AvgIpc) is 2.69.